The van der Waals surface area contributed by atoms with Gasteiger partial charge in [-0.3, -0.25) is 9.48 Å². The Morgan fingerprint density at radius 2 is 2.20 bits per heavy atom. The van der Waals surface area contributed by atoms with Crippen LogP contribution in [0.5, 0.6) is 0 Å². The number of nitrogens with zero attached hydrogens (tertiary/aromatic N) is 3. The molecule has 0 aliphatic heterocycles. The minimum atomic E-state index is -0.481. The van der Waals surface area contributed by atoms with Crippen LogP contribution >= 0.6 is 11.6 Å². The third kappa shape index (κ3) is 2.91. The number of likely N-dealkylation sites (N-methyl/N-ethyl adjacent to an activating group) is 1. The second kappa shape index (κ2) is 5.50. The molecule has 1 aromatic carbocycles. The molecular formula is C13H14ClFN4O. The molecule has 0 bridgehead atoms. The molecule has 1 amide bonds. The van der Waals surface area contributed by atoms with Gasteiger partial charge < -0.3 is 10.6 Å². The van der Waals surface area contributed by atoms with E-state index in [4.69, 9.17) is 17.3 Å². The minimum Gasteiger partial charge on any atom is -0.397 e. The van der Waals surface area contributed by atoms with E-state index in [0.29, 0.717) is 11.1 Å². The number of rotatable bonds is 3. The van der Waals surface area contributed by atoms with Crippen LogP contribution in [0.15, 0.2) is 24.5 Å². The lowest BCUT2D eigenvalue weighted by molar-refractivity contribution is -0.129. The van der Waals surface area contributed by atoms with Crippen LogP contribution in [-0.2, 0) is 11.3 Å². The van der Waals surface area contributed by atoms with E-state index in [2.05, 4.69) is 5.10 Å². The highest BCUT2D eigenvalue weighted by Gasteiger charge is 2.12. The molecule has 0 spiro atoms. The fraction of sp³-hybridized carbons (Fsp3) is 0.231. The van der Waals surface area contributed by atoms with Gasteiger partial charge in [-0.05, 0) is 12.1 Å². The zero-order valence-corrected chi connectivity index (χ0v) is 11.9. The summed E-state index contributed by atoms with van der Waals surface area (Å²) in [6.45, 7) is 0.0946. The van der Waals surface area contributed by atoms with Gasteiger partial charge in [-0.1, -0.05) is 11.6 Å². The van der Waals surface area contributed by atoms with Crippen LogP contribution < -0.4 is 5.73 Å². The van der Waals surface area contributed by atoms with E-state index in [1.54, 1.807) is 20.3 Å². The van der Waals surface area contributed by atoms with Gasteiger partial charge in [0.05, 0.1) is 16.9 Å². The molecule has 0 aliphatic carbocycles. The van der Waals surface area contributed by atoms with Gasteiger partial charge in [0.1, 0.15) is 12.4 Å². The largest absolute Gasteiger partial charge is 0.397 e. The lowest BCUT2D eigenvalue weighted by atomic mass is 10.1. The maximum Gasteiger partial charge on any atom is 0.243 e. The van der Waals surface area contributed by atoms with Crippen LogP contribution in [0.2, 0.25) is 5.02 Å². The maximum absolute atomic E-state index is 13.9. The number of nitrogen functional groups attached to an aromatic ring is 1. The molecule has 1 aromatic heterocycles. The minimum absolute atomic E-state index is 0.0946. The Labute approximate surface area is 120 Å². The van der Waals surface area contributed by atoms with E-state index < -0.39 is 5.82 Å². The highest BCUT2D eigenvalue weighted by molar-refractivity contribution is 6.33. The molecule has 7 heteroatoms. The number of carbonyl (C=O) groups is 1. The van der Waals surface area contributed by atoms with E-state index in [0.717, 1.165) is 0 Å². The Morgan fingerprint density at radius 1 is 1.50 bits per heavy atom. The summed E-state index contributed by atoms with van der Waals surface area (Å²) >= 11 is 5.89. The van der Waals surface area contributed by atoms with Gasteiger partial charge in [-0.2, -0.15) is 5.10 Å². The average Bonchev–Trinajstić information content (AvgIpc) is 2.82. The number of aromatic nitrogens is 2. The summed E-state index contributed by atoms with van der Waals surface area (Å²) in [5, 5.41) is 4.31. The molecule has 2 N–H and O–H groups in total. The van der Waals surface area contributed by atoms with Crippen molar-refractivity contribution in [3.05, 3.63) is 35.4 Å². The van der Waals surface area contributed by atoms with Crippen LogP contribution in [-0.4, -0.2) is 34.7 Å². The van der Waals surface area contributed by atoms with Gasteiger partial charge in [0.2, 0.25) is 5.91 Å². The van der Waals surface area contributed by atoms with Gasteiger partial charge in [0.15, 0.2) is 0 Å². The highest BCUT2D eigenvalue weighted by Crippen LogP contribution is 2.29. The number of carbonyl (C=O) groups excluding carboxylic acids is 1. The molecule has 0 unspecified atom stereocenters. The Morgan fingerprint density at radius 3 is 2.85 bits per heavy atom. The zero-order chi connectivity index (χ0) is 14.9. The van der Waals surface area contributed by atoms with E-state index in [-0.39, 0.29) is 23.2 Å². The molecule has 0 atom stereocenters. The smallest absolute Gasteiger partial charge is 0.243 e. The summed E-state index contributed by atoms with van der Waals surface area (Å²) in [5.74, 6) is -0.583. The number of halogens is 2. The van der Waals surface area contributed by atoms with Gasteiger partial charge in [-0.15, -0.1) is 0 Å². The van der Waals surface area contributed by atoms with Crippen LogP contribution in [0.3, 0.4) is 0 Å². The molecule has 0 aliphatic rings. The lowest BCUT2D eigenvalue weighted by Crippen LogP contribution is -2.26. The Balaban J connectivity index is 2.29. The average molecular weight is 297 g/mol. The van der Waals surface area contributed by atoms with Crippen molar-refractivity contribution in [1.29, 1.82) is 0 Å². The number of hydrogen-bond donors (Lipinski definition) is 1. The maximum atomic E-state index is 13.9. The third-order valence-electron chi connectivity index (χ3n) is 2.83. The van der Waals surface area contributed by atoms with Crippen LogP contribution in [0.25, 0.3) is 11.1 Å². The number of benzene rings is 1. The molecule has 2 aromatic rings. The van der Waals surface area contributed by atoms with Crippen LogP contribution in [0.1, 0.15) is 0 Å². The van der Waals surface area contributed by atoms with Crippen molar-refractivity contribution in [1.82, 2.24) is 14.7 Å². The summed E-state index contributed by atoms with van der Waals surface area (Å²) in [6.07, 6.45) is 3.07. The van der Waals surface area contributed by atoms with Gasteiger partial charge in [-0.25, -0.2) is 4.39 Å². The number of anilines is 1. The monoisotopic (exact) mass is 296 g/mol. The van der Waals surface area contributed by atoms with E-state index in [9.17, 15) is 9.18 Å². The van der Waals surface area contributed by atoms with Crippen molar-refractivity contribution in [2.75, 3.05) is 19.8 Å². The standard InChI is InChI=1S/C13H14ClFN4O/c1-18(2)13(20)7-19-6-8(5-17-19)9-3-10(14)12(16)4-11(9)15/h3-6H,7,16H2,1-2H3. The molecule has 20 heavy (non-hydrogen) atoms. The summed E-state index contributed by atoms with van der Waals surface area (Å²) in [7, 11) is 3.32. The molecular weight excluding hydrogens is 283 g/mol. The van der Waals surface area contributed by atoms with Crippen LogP contribution in [0, 0.1) is 5.82 Å². The first-order valence-electron chi connectivity index (χ1n) is 5.86. The van der Waals surface area contributed by atoms with Crippen molar-refractivity contribution in [3.63, 3.8) is 0 Å². The summed E-state index contributed by atoms with van der Waals surface area (Å²) in [5.41, 5.74) is 6.55. The molecule has 2 rings (SSSR count). The Kier molecular flexibility index (Phi) is 3.94. The van der Waals surface area contributed by atoms with Crippen molar-refractivity contribution in [2.45, 2.75) is 6.54 Å². The normalized spacial score (nSPS) is 10.6. The van der Waals surface area contributed by atoms with E-state index >= 15 is 0 Å². The molecule has 1 heterocycles. The zero-order valence-electron chi connectivity index (χ0n) is 11.1. The summed E-state index contributed by atoms with van der Waals surface area (Å²) in [4.78, 5) is 13.0. The van der Waals surface area contributed by atoms with Crippen LogP contribution in [0.4, 0.5) is 10.1 Å². The quantitative estimate of drug-likeness (QED) is 0.881. The van der Waals surface area contributed by atoms with Gasteiger partial charge >= 0.3 is 0 Å². The molecule has 0 saturated carbocycles. The summed E-state index contributed by atoms with van der Waals surface area (Å²) in [6, 6.07) is 2.61. The second-order valence-electron chi connectivity index (χ2n) is 4.57. The number of nitrogens with two attached hydrogens (primary N) is 1. The van der Waals surface area contributed by atoms with E-state index in [1.807, 2.05) is 0 Å². The molecule has 0 saturated heterocycles. The molecule has 0 radical (unpaired) electrons. The second-order valence-corrected chi connectivity index (χ2v) is 4.98. The lowest BCUT2D eigenvalue weighted by Gasteiger charge is -2.09. The summed E-state index contributed by atoms with van der Waals surface area (Å²) < 4.78 is 15.3. The van der Waals surface area contributed by atoms with E-state index in [1.165, 1.54) is 27.9 Å². The predicted molar refractivity (Wildman–Crippen MR) is 75.7 cm³/mol. The van der Waals surface area contributed by atoms with Gasteiger partial charge in [0.25, 0.3) is 0 Å². The first-order chi connectivity index (χ1) is 9.38. The molecule has 106 valence electrons. The highest BCUT2D eigenvalue weighted by atomic mass is 35.5. The van der Waals surface area contributed by atoms with Crippen molar-refractivity contribution in [3.8, 4) is 11.1 Å². The SMILES string of the molecule is CN(C)C(=O)Cn1cc(-c2cc(Cl)c(N)cc2F)cn1. The van der Waals surface area contributed by atoms with Crippen molar-refractivity contribution in [2.24, 2.45) is 0 Å². The number of amides is 1. The fourth-order valence-electron chi connectivity index (χ4n) is 1.65. The third-order valence-corrected chi connectivity index (χ3v) is 3.15. The topological polar surface area (TPSA) is 64.2 Å². The Bertz CT molecular complexity index is 654. The first-order valence-corrected chi connectivity index (χ1v) is 6.23. The Hall–Kier alpha value is -2.08. The van der Waals surface area contributed by atoms with Gasteiger partial charge in [0, 0.05) is 31.4 Å². The molecule has 0 fully saturated rings. The van der Waals surface area contributed by atoms with Crippen molar-refractivity contribution >= 4 is 23.2 Å². The van der Waals surface area contributed by atoms with Crippen molar-refractivity contribution < 1.29 is 9.18 Å². The fourth-order valence-corrected chi connectivity index (χ4v) is 1.82. The molecule has 5 nitrogen and oxygen atoms in total. The number of hydrogen-bond acceptors (Lipinski definition) is 3. The predicted octanol–water partition coefficient (Wildman–Crippen LogP) is 2.01. The first kappa shape index (κ1) is 14.3.